The lowest BCUT2D eigenvalue weighted by atomic mass is 10.2. The quantitative estimate of drug-likeness (QED) is 0.322. The minimum Gasteiger partial charge on any atom is -0.493 e. The Labute approximate surface area is 213 Å². The van der Waals surface area contributed by atoms with Crippen LogP contribution in [0.3, 0.4) is 0 Å². The third kappa shape index (κ3) is 5.77. The first kappa shape index (κ1) is 26.2. The van der Waals surface area contributed by atoms with Gasteiger partial charge in [0.15, 0.2) is 28.8 Å². The number of unbranched alkanes of at least 4 members (excludes halogenated alkanes) is 1. The van der Waals surface area contributed by atoms with Gasteiger partial charge in [-0.25, -0.2) is 18.8 Å². The number of nitrogens with zero attached hydrogens (tertiary/aromatic N) is 6. The van der Waals surface area contributed by atoms with Crippen LogP contribution in [0, 0.1) is 11.6 Å². The molecule has 9 nitrogen and oxygen atoms in total. The van der Waals surface area contributed by atoms with Gasteiger partial charge in [0.1, 0.15) is 16.7 Å². The van der Waals surface area contributed by atoms with Crippen molar-refractivity contribution in [3.8, 4) is 22.8 Å². The number of pyridine rings is 1. The zero-order valence-corrected chi connectivity index (χ0v) is 21.6. The number of aryl methyl sites for hydroxylation is 2. The van der Waals surface area contributed by atoms with E-state index in [1.165, 1.54) is 14.2 Å². The molecule has 196 valence electrons. The Morgan fingerprint density at radius 3 is 2.41 bits per heavy atom. The van der Waals surface area contributed by atoms with Crippen LogP contribution in [0.1, 0.15) is 26.7 Å². The topological polar surface area (TPSA) is 91.4 Å². The molecule has 0 fully saturated rings. The van der Waals surface area contributed by atoms with E-state index < -0.39 is 17.3 Å². The fourth-order valence-electron chi connectivity index (χ4n) is 3.94. The van der Waals surface area contributed by atoms with E-state index >= 15 is 8.78 Å². The molecule has 4 aromatic rings. The number of methoxy groups -OCH3 is 2. The van der Waals surface area contributed by atoms with Crippen LogP contribution in [-0.4, -0.2) is 51.1 Å². The standard InChI is InChI=1S/C26H31F2N7O2/c1-16(2)29-10-6-7-11-35-22(33-25-23(27)20(36-4)12-21(37-5)24(25)28)9-8-18-26(35)32-19(14-30-18)17-13-31-34(3)15-17/h8-9,12-16,29H,6-7,10-11H2,1-5H3. The molecule has 3 heterocycles. The Kier molecular flexibility index (Phi) is 8.12. The number of nitrogens with one attached hydrogen (secondary N) is 1. The molecule has 11 heteroatoms. The summed E-state index contributed by atoms with van der Waals surface area (Å²) in [6, 6.07) is 4.96. The Bertz CT molecular complexity index is 1440. The van der Waals surface area contributed by atoms with Crippen molar-refractivity contribution >= 4 is 16.9 Å². The summed E-state index contributed by atoms with van der Waals surface area (Å²) in [5.74, 6) is -2.15. The zero-order chi connectivity index (χ0) is 26.5. The number of ether oxygens (including phenoxy) is 2. The lowest BCUT2D eigenvalue weighted by Gasteiger charge is -2.14. The highest BCUT2D eigenvalue weighted by atomic mass is 19.1. The molecule has 0 aliphatic heterocycles. The average molecular weight is 512 g/mol. The van der Waals surface area contributed by atoms with Crippen molar-refractivity contribution in [1.29, 1.82) is 0 Å². The van der Waals surface area contributed by atoms with Crippen molar-refractivity contribution in [2.45, 2.75) is 39.3 Å². The van der Waals surface area contributed by atoms with Gasteiger partial charge in [-0.3, -0.25) is 9.67 Å². The van der Waals surface area contributed by atoms with Crippen LogP contribution >= 0.6 is 0 Å². The van der Waals surface area contributed by atoms with Crippen molar-refractivity contribution in [1.82, 2.24) is 29.6 Å². The first-order valence-electron chi connectivity index (χ1n) is 12.1. The number of benzene rings is 1. The number of rotatable bonds is 10. The third-order valence-corrected chi connectivity index (χ3v) is 5.84. The Hall–Kier alpha value is -3.86. The van der Waals surface area contributed by atoms with Crippen molar-refractivity contribution in [3.63, 3.8) is 0 Å². The number of fused-ring (bicyclic) bond motifs is 1. The van der Waals surface area contributed by atoms with Crippen LogP contribution in [0.2, 0.25) is 0 Å². The van der Waals surface area contributed by atoms with E-state index in [4.69, 9.17) is 14.5 Å². The first-order valence-corrected chi connectivity index (χ1v) is 12.1. The summed E-state index contributed by atoms with van der Waals surface area (Å²) >= 11 is 0. The Morgan fingerprint density at radius 1 is 1.05 bits per heavy atom. The van der Waals surface area contributed by atoms with Gasteiger partial charge in [0, 0.05) is 37.5 Å². The molecule has 0 radical (unpaired) electrons. The molecule has 0 unspecified atom stereocenters. The molecule has 0 amide bonds. The summed E-state index contributed by atoms with van der Waals surface area (Å²) in [5.41, 5.74) is 2.46. The number of hydrogen-bond donors (Lipinski definition) is 1. The largest absolute Gasteiger partial charge is 0.493 e. The number of hydrogen-bond acceptors (Lipinski definition) is 7. The van der Waals surface area contributed by atoms with Crippen molar-refractivity contribution in [2.75, 3.05) is 20.8 Å². The van der Waals surface area contributed by atoms with Crippen LogP contribution in [0.5, 0.6) is 11.5 Å². The van der Waals surface area contributed by atoms with E-state index in [2.05, 4.69) is 34.2 Å². The predicted molar refractivity (Wildman–Crippen MR) is 137 cm³/mol. The van der Waals surface area contributed by atoms with Crippen molar-refractivity contribution < 1.29 is 18.3 Å². The first-order chi connectivity index (χ1) is 17.8. The Balaban J connectivity index is 1.87. The highest BCUT2D eigenvalue weighted by molar-refractivity contribution is 5.73. The molecule has 0 bridgehead atoms. The average Bonchev–Trinajstić information content (AvgIpc) is 3.33. The van der Waals surface area contributed by atoms with Gasteiger partial charge in [0.05, 0.1) is 32.3 Å². The van der Waals surface area contributed by atoms with Gasteiger partial charge in [-0.15, -0.1) is 0 Å². The van der Waals surface area contributed by atoms with Gasteiger partial charge in [0.2, 0.25) is 0 Å². The third-order valence-electron chi connectivity index (χ3n) is 5.84. The minimum absolute atomic E-state index is 0.164. The minimum atomic E-state index is -0.913. The fourth-order valence-corrected chi connectivity index (χ4v) is 3.94. The molecule has 1 N–H and O–H groups in total. The molecule has 4 rings (SSSR count). The molecular weight excluding hydrogens is 480 g/mol. The van der Waals surface area contributed by atoms with Crippen LogP contribution < -0.4 is 20.3 Å². The van der Waals surface area contributed by atoms with E-state index in [0.717, 1.165) is 31.0 Å². The summed E-state index contributed by atoms with van der Waals surface area (Å²) in [6.45, 7) is 5.55. The van der Waals surface area contributed by atoms with Crippen LogP contribution in [0.4, 0.5) is 14.5 Å². The molecular formula is C26H31F2N7O2. The summed E-state index contributed by atoms with van der Waals surface area (Å²) in [4.78, 5) is 13.8. The second-order valence-electron chi connectivity index (χ2n) is 8.90. The van der Waals surface area contributed by atoms with E-state index in [9.17, 15) is 0 Å². The van der Waals surface area contributed by atoms with Crippen LogP contribution in [0.15, 0.2) is 41.8 Å². The lowest BCUT2D eigenvalue weighted by Crippen LogP contribution is -2.25. The van der Waals surface area contributed by atoms with Gasteiger partial charge in [-0.05, 0) is 31.5 Å². The zero-order valence-electron chi connectivity index (χ0n) is 21.6. The Morgan fingerprint density at radius 2 is 1.78 bits per heavy atom. The summed E-state index contributed by atoms with van der Waals surface area (Å²) in [6.07, 6.45) is 6.92. The second kappa shape index (κ2) is 11.5. The van der Waals surface area contributed by atoms with Gasteiger partial charge in [-0.2, -0.15) is 5.10 Å². The van der Waals surface area contributed by atoms with Gasteiger partial charge < -0.3 is 19.4 Å². The maximum Gasteiger partial charge on any atom is 0.193 e. The smallest absolute Gasteiger partial charge is 0.193 e. The molecule has 0 saturated carbocycles. The molecule has 0 saturated heterocycles. The molecule has 0 spiro atoms. The van der Waals surface area contributed by atoms with E-state index in [1.54, 1.807) is 29.2 Å². The fraction of sp³-hybridized carbons (Fsp3) is 0.385. The second-order valence-corrected chi connectivity index (χ2v) is 8.90. The maximum atomic E-state index is 15.1. The van der Waals surface area contributed by atoms with Crippen molar-refractivity contribution in [3.05, 3.63) is 53.9 Å². The van der Waals surface area contributed by atoms with Crippen molar-refractivity contribution in [2.24, 2.45) is 12.0 Å². The summed E-state index contributed by atoms with van der Waals surface area (Å²) in [5, 5.41) is 7.61. The number of aromatic nitrogens is 5. The molecule has 3 aromatic heterocycles. The monoisotopic (exact) mass is 511 g/mol. The lowest BCUT2D eigenvalue weighted by molar-refractivity contribution is 0.359. The predicted octanol–water partition coefficient (Wildman–Crippen LogP) is 4.14. The normalized spacial score (nSPS) is 12.1. The highest BCUT2D eigenvalue weighted by Crippen LogP contribution is 2.36. The van der Waals surface area contributed by atoms with E-state index in [-0.39, 0.29) is 11.5 Å². The molecule has 1 aromatic carbocycles. The molecule has 0 aliphatic rings. The van der Waals surface area contributed by atoms with E-state index in [1.807, 2.05) is 17.8 Å². The van der Waals surface area contributed by atoms with Gasteiger partial charge >= 0.3 is 0 Å². The molecule has 37 heavy (non-hydrogen) atoms. The van der Waals surface area contributed by atoms with Gasteiger partial charge in [-0.1, -0.05) is 13.8 Å². The number of halogens is 2. The SMILES string of the molecule is COc1cc(OC)c(F)c(N=c2ccc3ncc(-c4cnn(C)c4)nc3n2CCCCNC(C)C)c1F. The summed E-state index contributed by atoms with van der Waals surface area (Å²) in [7, 11) is 4.43. The van der Waals surface area contributed by atoms with Crippen LogP contribution in [0.25, 0.3) is 22.4 Å². The van der Waals surface area contributed by atoms with E-state index in [0.29, 0.717) is 34.9 Å². The highest BCUT2D eigenvalue weighted by Gasteiger charge is 2.20. The summed E-state index contributed by atoms with van der Waals surface area (Å²) < 4.78 is 43.9. The van der Waals surface area contributed by atoms with Gasteiger partial charge in [0.25, 0.3) is 0 Å². The van der Waals surface area contributed by atoms with Crippen LogP contribution in [-0.2, 0) is 13.6 Å². The maximum absolute atomic E-state index is 15.1. The molecule has 0 atom stereocenters. The molecule has 0 aliphatic carbocycles.